The van der Waals surface area contributed by atoms with Crippen LogP contribution in [0.5, 0.6) is 0 Å². The molecule has 0 aliphatic rings. The predicted molar refractivity (Wildman–Crippen MR) is 105 cm³/mol. The zero-order valence-corrected chi connectivity index (χ0v) is 15.2. The monoisotopic (exact) mass is 386 g/mol. The molecule has 0 spiro atoms. The first kappa shape index (κ1) is 18.2. The maximum atomic E-state index is 11.4. The summed E-state index contributed by atoms with van der Waals surface area (Å²) < 4.78 is 0. The molecule has 3 aromatic rings. The van der Waals surface area contributed by atoms with Gasteiger partial charge >= 0.3 is 5.97 Å². The molecule has 0 amide bonds. The molecule has 1 heterocycles. The number of halogens is 2. The Kier molecular flexibility index (Phi) is 5.76. The topological polar surface area (TPSA) is 62.2 Å². The number of hydrogen-bond donors (Lipinski definition) is 2. The second-order valence-corrected chi connectivity index (χ2v) is 6.53. The summed E-state index contributed by atoms with van der Waals surface area (Å²) >= 11 is 12.5. The number of hydrogen-bond acceptors (Lipinski definition) is 3. The number of nitrogens with one attached hydrogen (secondary N) is 1. The maximum Gasteiger partial charge on any atom is 0.304 e. The molecule has 1 unspecified atom stereocenters. The third-order valence-corrected chi connectivity index (χ3v) is 4.61. The molecule has 0 saturated carbocycles. The average molecular weight is 387 g/mol. The number of carboxylic acid groups (broad SMARTS) is 1. The zero-order valence-electron chi connectivity index (χ0n) is 13.7. The van der Waals surface area contributed by atoms with Crippen LogP contribution in [0.25, 0.3) is 0 Å². The van der Waals surface area contributed by atoms with Crippen LogP contribution in [0.15, 0.2) is 66.9 Å². The number of anilines is 2. The highest BCUT2D eigenvalue weighted by atomic mass is 35.5. The zero-order chi connectivity index (χ0) is 18.5. The lowest BCUT2D eigenvalue weighted by Gasteiger charge is -2.20. The minimum absolute atomic E-state index is 0.0774. The molecule has 0 aliphatic carbocycles. The Morgan fingerprint density at radius 2 is 1.69 bits per heavy atom. The largest absolute Gasteiger partial charge is 0.481 e. The fourth-order valence-electron chi connectivity index (χ4n) is 2.80. The van der Waals surface area contributed by atoms with Crippen LogP contribution in [0.1, 0.15) is 23.6 Å². The minimum Gasteiger partial charge on any atom is -0.481 e. The predicted octanol–water partition coefficient (Wildman–Crippen LogP) is 5.74. The van der Waals surface area contributed by atoms with E-state index < -0.39 is 11.9 Å². The molecule has 1 aromatic heterocycles. The summed E-state index contributed by atoms with van der Waals surface area (Å²) in [6.45, 7) is 0. The van der Waals surface area contributed by atoms with Crippen molar-refractivity contribution in [2.24, 2.45) is 0 Å². The number of carbonyl (C=O) groups is 1. The van der Waals surface area contributed by atoms with Gasteiger partial charge in [0.05, 0.1) is 22.2 Å². The van der Waals surface area contributed by atoms with Crippen LogP contribution in [0.3, 0.4) is 0 Å². The van der Waals surface area contributed by atoms with Crippen molar-refractivity contribution < 1.29 is 9.90 Å². The van der Waals surface area contributed by atoms with Crippen molar-refractivity contribution >= 4 is 40.5 Å². The van der Waals surface area contributed by atoms with E-state index in [1.165, 1.54) is 0 Å². The summed E-state index contributed by atoms with van der Waals surface area (Å²) in [5, 5.41) is 13.6. The van der Waals surface area contributed by atoms with E-state index in [9.17, 15) is 9.90 Å². The Morgan fingerprint density at radius 1 is 1.00 bits per heavy atom. The highest BCUT2D eigenvalue weighted by molar-refractivity contribution is 6.39. The van der Waals surface area contributed by atoms with Gasteiger partial charge in [0, 0.05) is 23.5 Å². The summed E-state index contributed by atoms with van der Waals surface area (Å²) in [6, 6.07) is 18.2. The summed E-state index contributed by atoms with van der Waals surface area (Å²) in [5.41, 5.74) is 2.82. The smallest absolute Gasteiger partial charge is 0.304 e. The van der Waals surface area contributed by atoms with E-state index in [0.717, 1.165) is 11.3 Å². The molecule has 0 aliphatic heterocycles. The van der Waals surface area contributed by atoms with Gasteiger partial charge in [0.2, 0.25) is 0 Å². The number of carboxylic acids is 1. The van der Waals surface area contributed by atoms with E-state index in [1.807, 2.05) is 36.4 Å². The van der Waals surface area contributed by atoms with E-state index in [-0.39, 0.29) is 6.42 Å². The number of para-hydroxylation sites is 2. The summed E-state index contributed by atoms with van der Waals surface area (Å²) in [4.78, 5) is 15.8. The van der Waals surface area contributed by atoms with Crippen molar-refractivity contribution in [2.45, 2.75) is 12.3 Å². The van der Waals surface area contributed by atoms with Gasteiger partial charge < -0.3 is 10.4 Å². The molecule has 2 N–H and O–H groups in total. The third-order valence-electron chi connectivity index (χ3n) is 3.98. The fourth-order valence-corrected chi connectivity index (χ4v) is 3.29. The van der Waals surface area contributed by atoms with E-state index in [2.05, 4.69) is 10.3 Å². The molecule has 3 rings (SSSR count). The molecule has 132 valence electrons. The van der Waals surface area contributed by atoms with Crippen LogP contribution in [0.4, 0.5) is 11.4 Å². The van der Waals surface area contributed by atoms with Gasteiger partial charge in [-0.2, -0.15) is 0 Å². The van der Waals surface area contributed by atoms with E-state index in [0.29, 0.717) is 21.4 Å². The van der Waals surface area contributed by atoms with Crippen LogP contribution in [-0.4, -0.2) is 16.1 Å². The first-order valence-corrected chi connectivity index (χ1v) is 8.74. The molecule has 26 heavy (non-hydrogen) atoms. The van der Waals surface area contributed by atoms with Crippen molar-refractivity contribution in [3.8, 4) is 0 Å². The maximum absolute atomic E-state index is 11.4. The number of rotatable bonds is 6. The standard InChI is InChI=1S/C20H16Cl2N2O2/c21-15-7-5-8-16(22)20(15)24-18-10-2-1-6-13(18)14(12-19(25)26)17-9-3-4-11-23-17/h1-11,14,24H,12H2,(H,25,26). The Balaban J connectivity index is 2.05. The van der Waals surface area contributed by atoms with Gasteiger partial charge in [-0.15, -0.1) is 0 Å². The van der Waals surface area contributed by atoms with Gasteiger partial charge in [-0.3, -0.25) is 9.78 Å². The van der Waals surface area contributed by atoms with Crippen molar-refractivity contribution in [3.05, 3.63) is 88.2 Å². The number of pyridine rings is 1. The highest BCUT2D eigenvalue weighted by Gasteiger charge is 2.22. The average Bonchev–Trinajstić information content (AvgIpc) is 2.64. The first-order chi connectivity index (χ1) is 12.6. The number of aliphatic carboxylic acids is 1. The van der Waals surface area contributed by atoms with Crippen LogP contribution >= 0.6 is 23.2 Å². The van der Waals surface area contributed by atoms with Gasteiger partial charge in [0.25, 0.3) is 0 Å². The van der Waals surface area contributed by atoms with Crippen molar-refractivity contribution in [1.29, 1.82) is 0 Å². The second kappa shape index (κ2) is 8.21. The molecule has 4 nitrogen and oxygen atoms in total. The Morgan fingerprint density at radius 3 is 2.35 bits per heavy atom. The molecule has 2 aromatic carbocycles. The van der Waals surface area contributed by atoms with E-state index in [4.69, 9.17) is 23.2 Å². The summed E-state index contributed by atoms with van der Waals surface area (Å²) in [5.74, 6) is -1.30. The number of nitrogens with zero attached hydrogens (tertiary/aromatic N) is 1. The van der Waals surface area contributed by atoms with Crippen LogP contribution < -0.4 is 5.32 Å². The fraction of sp³-hybridized carbons (Fsp3) is 0.100. The number of benzene rings is 2. The second-order valence-electron chi connectivity index (χ2n) is 5.71. The molecule has 0 saturated heterocycles. The Bertz CT molecular complexity index is 896. The van der Waals surface area contributed by atoms with Crippen LogP contribution in [0.2, 0.25) is 10.0 Å². The first-order valence-electron chi connectivity index (χ1n) is 7.99. The molecule has 0 bridgehead atoms. The number of aromatic nitrogens is 1. The lowest BCUT2D eigenvalue weighted by molar-refractivity contribution is -0.137. The molecular formula is C20H16Cl2N2O2. The molecule has 1 atom stereocenters. The Hall–Kier alpha value is -2.56. The van der Waals surface area contributed by atoms with Gasteiger partial charge in [-0.1, -0.05) is 53.5 Å². The van der Waals surface area contributed by atoms with E-state index >= 15 is 0 Å². The quantitative estimate of drug-likeness (QED) is 0.566. The van der Waals surface area contributed by atoms with Crippen LogP contribution in [0, 0.1) is 0 Å². The molecule has 0 fully saturated rings. The lowest BCUT2D eigenvalue weighted by atomic mass is 9.90. The summed E-state index contributed by atoms with van der Waals surface area (Å²) in [7, 11) is 0. The van der Waals surface area contributed by atoms with Gasteiger partial charge in [0.15, 0.2) is 0 Å². The summed E-state index contributed by atoms with van der Waals surface area (Å²) in [6.07, 6.45) is 1.58. The van der Waals surface area contributed by atoms with Crippen LogP contribution in [-0.2, 0) is 4.79 Å². The van der Waals surface area contributed by atoms with Gasteiger partial charge in [-0.25, -0.2) is 0 Å². The molecular weight excluding hydrogens is 371 g/mol. The lowest BCUT2D eigenvalue weighted by Crippen LogP contribution is -2.11. The highest BCUT2D eigenvalue weighted by Crippen LogP contribution is 2.37. The molecule has 0 radical (unpaired) electrons. The minimum atomic E-state index is -0.897. The third kappa shape index (κ3) is 4.15. The van der Waals surface area contributed by atoms with Crippen molar-refractivity contribution in [1.82, 2.24) is 4.98 Å². The van der Waals surface area contributed by atoms with E-state index in [1.54, 1.807) is 30.5 Å². The van der Waals surface area contributed by atoms with Crippen molar-refractivity contribution in [3.63, 3.8) is 0 Å². The normalized spacial score (nSPS) is 11.8. The van der Waals surface area contributed by atoms with Crippen molar-refractivity contribution in [2.75, 3.05) is 5.32 Å². The van der Waals surface area contributed by atoms with Gasteiger partial charge in [0.1, 0.15) is 0 Å². The Labute approximate surface area is 161 Å². The SMILES string of the molecule is O=C(O)CC(c1ccccn1)c1ccccc1Nc1c(Cl)cccc1Cl. The van der Waals surface area contributed by atoms with Gasteiger partial charge in [-0.05, 0) is 35.9 Å². The molecule has 6 heteroatoms.